The predicted molar refractivity (Wildman–Crippen MR) is 69.1 cm³/mol. The molecule has 96 valence electrons. The second-order valence-electron chi connectivity index (χ2n) is 4.91. The summed E-state index contributed by atoms with van der Waals surface area (Å²) in [6.45, 7) is 2.62. The number of nitrogens with one attached hydrogen (secondary N) is 1. The highest BCUT2D eigenvalue weighted by atomic mass is 16.2. The molecule has 1 N–H and O–H groups in total. The second-order valence-corrected chi connectivity index (χ2v) is 4.91. The van der Waals surface area contributed by atoms with Crippen molar-refractivity contribution < 1.29 is 9.59 Å². The van der Waals surface area contributed by atoms with E-state index in [0.29, 0.717) is 19.4 Å². The second kappa shape index (κ2) is 5.21. The Bertz CT molecular complexity index is 471. The van der Waals surface area contributed by atoms with Crippen LogP contribution < -0.4 is 5.32 Å². The molecule has 1 unspecified atom stereocenters. The first-order valence-corrected chi connectivity index (χ1v) is 6.13. The molecule has 1 aliphatic rings. The van der Waals surface area contributed by atoms with E-state index in [0.717, 1.165) is 11.1 Å². The van der Waals surface area contributed by atoms with Crippen molar-refractivity contribution in [1.29, 1.82) is 0 Å². The van der Waals surface area contributed by atoms with Crippen LogP contribution >= 0.6 is 0 Å². The Balaban J connectivity index is 1.88. The summed E-state index contributed by atoms with van der Waals surface area (Å²) in [5.74, 6) is 0.0737. The highest BCUT2D eigenvalue weighted by Gasteiger charge is 2.27. The largest absolute Gasteiger partial charge is 0.351 e. The normalized spacial score (nSPS) is 19.1. The van der Waals surface area contributed by atoms with E-state index in [1.807, 2.05) is 31.2 Å². The molecule has 0 saturated carbocycles. The van der Waals surface area contributed by atoms with Gasteiger partial charge in [-0.3, -0.25) is 9.59 Å². The number of likely N-dealkylation sites (N-methyl/N-ethyl adjacent to an activating group) is 1. The molecule has 1 aliphatic heterocycles. The average Bonchev–Trinajstić information content (AvgIpc) is 2.57. The van der Waals surface area contributed by atoms with Gasteiger partial charge in [0.15, 0.2) is 0 Å². The average molecular weight is 246 g/mol. The van der Waals surface area contributed by atoms with Gasteiger partial charge in [-0.15, -0.1) is 0 Å². The predicted octanol–water partition coefficient (Wildman–Crippen LogP) is 0.884. The molecule has 0 radical (unpaired) electrons. The summed E-state index contributed by atoms with van der Waals surface area (Å²) in [6, 6.07) is 7.86. The van der Waals surface area contributed by atoms with Crippen molar-refractivity contribution in [2.45, 2.75) is 25.8 Å². The first-order chi connectivity index (χ1) is 8.54. The molecule has 0 aliphatic carbocycles. The van der Waals surface area contributed by atoms with Crippen molar-refractivity contribution in [2.24, 2.45) is 0 Å². The topological polar surface area (TPSA) is 49.4 Å². The van der Waals surface area contributed by atoms with Crippen LogP contribution in [0.4, 0.5) is 0 Å². The Kier molecular flexibility index (Phi) is 3.65. The third-order valence-electron chi connectivity index (χ3n) is 3.15. The number of carbonyl (C=O) groups is 2. The van der Waals surface area contributed by atoms with Crippen LogP contribution in [0.25, 0.3) is 0 Å². The van der Waals surface area contributed by atoms with Gasteiger partial charge >= 0.3 is 0 Å². The van der Waals surface area contributed by atoms with Crippen molar-refractivity contribution >= 4 is 11.8 Å². The first-order valence-electron chi connectivity index (χ1n) is 6.13. The lowest BCUT2D eigenvalue weighted by Gasteiger charge is -2.12. The van der Waals surface area contributed by atoms with E-state index < -0.39 is 0 Å². The van der Waals surface area contributed by atoms with Crippen molar-refractivity contribution in [3.05, 3.63) is 35.4 Å². The van der Waals surface area contributed by atoms with E-state index in [4.69, 9.17) is 0 Å². The summed E-state index contributed by atoms with van der Waals surface area (Å²) >= 11 is 0. The van der Waals surface area contributed by atoms with Crippen molar-refractivity contribution in [2.75, 3.05) is 13.6 Å². The van der Waals surface area contributed by atoms with Gasteiger partial charge in [0.2, 0.25) is 11.8 Å². The lowest BCUT2D eigenvalue weighted by molar-refractivity contribution is -0.126. The summed E-state index contributed by atoms with van der Waals surface area (Å²) in [4.78, 5) is 24.8. The summed E-state index contributed by atoms with van der Waals surface area (Å²) in [7, 11) is 1.76. The number of amides is 2. The third kappa shape index (κ3) is 3.09. The quantitative estimate of drug-likeness (QED) is 0.861. The van der Waals surface area contributed by atoms with Gasteiger partial charge in [-0.25, -0.2) is 0 Å². The summed E-state index contributed by atoms with van der Waals surface area (Å²) in [5, 5.41) is 2.91. The van der Waals surface area contributed by atoms with Crippen LogP contribution in [-0.2, 0) is 16.0 Å². The molecular formula is C14H18N2O2. The minimum atomic E-state index is -0.0418. The zero-order valence-electron chi connectivity index (χ0n) is 10.8. The van der Waals surface area contributed by atoms with Crippen LogP contribution in [0.2, 0.25) is 0 Å². The van der Waals surface area contributed by atoms with Crippen molar-refractivity contribution in [3.63, 3.8) is 0 Å². The first kappa shape index (κ1) is 12.6. The molecule has 1 atom stereocenters. The standard InChI is InChI=1S/C14H18N2O2/c1-10-4-3-5-11(6-10)7-13(17)15-12-8-14(18)16(2)9-12/h3-6,12H,7-9H2,1-2H3,(H,15,17). The van der Waals surface area contributed by atoms with Gasteiger partial charge in [-0.2, -0.15) is 0 Å². The van der Waals surface area contributed by atoms with Crippen LogP contribution in [-0.4, -0.2) is 36.3 Å². The van der Waals surface area contributed by atoms with Crippen LogP contribution in [0.5, 0.6) is 0 Å². The summed E-state index contributed by atoms with van der Waals surface area (Å²) in [5.41, 5.74) is 2.15. The van der Waals surface area contributed by atoms with Gasteiger partial charge in [0.25, 0.3) is 0 Å². The zero-order valence-corrected chi connectivity index (χ0v) is 10.8. The fraction of sp³-hybridized carbons (Fsp3) is 0.429. The minimum Gasteiger partial charge on any atom is -0.351 e. The van der Waals surface area contributed by atoms with E-state index in [9.17, 15) is 9.59 Å². The van der Waals surface area contributed by atoms with Crippen LogP contribution in [0, 0.1) is 6.92 Å². The maximum atomic E-state index is 11.9. The maximum Gasteiger partial charge on any atom is 0.224 e. The van der Waals surface area contributed by atoms with E-state index >= 15 is 0 Å². The zero-order chi connectivity index (χ0) is 13.1. The lowest BCUT2D eigenvalue weighted by atomic mass is 10.1. The molecule has 2 rings (SSSR count). The molecule has 0 aromatic heterocycles. The van der Waals surface area contributed by atoms with Gasteiger partial charge in [-0.05, 0) is 12.5 Å². The molecule has 1 aromatic rings. The smallest absolute Gasteiger partial charge is 0.224 e. The van der Waals surface area contributed by atoms with Gasteiger partial charge in [-0.1, -0.05) is 29.8 Å². The Morgan fingerprint density at radius 3 is 2.89 bits per heavy atom. The molecule has 4 nitrogen and oxygen atoms in total. The van der Waals surface area contributed by atoms with Crippen LogP contribution in [0.3, 0.4) is 0 Å². The highest BCUT2D eigenvalue weighted by molar-refractivity contribution is 5.83. The Hall–Kier alpha value is -1.84. The fourth-order valence-electron chi connectivity index (χ4n) is 2.25. The number of benzene rings is 1. The molecule has 1 saturated heterocycles. The Morgan fingerprint density at radius 1 is 1.50 bits per heavy atom. The molecule has 1 fully saturated rings. The van der Waals surface area contributed by atoms with Crippen molar-refractivity contribution in [1.82, 2.24) is 10.2 Å². The Labute approximate surface area is 107 Å². The molecule has 18 heavy (non-hydrogen) atoms. The van der Waals surface area contributed by atoms with Crippen LogP contribution in [0.15, 0.2) is 24.3 Å². The number of hydrogen-bond acceptors (Lipinski definition) is 2. The summed E-state index contributed by atoms with van der Waals surface area (Å²) < 4.78 is 0. The molecule has 0 spiro atoms. The molecule has 1 heterocycles. The number of nitrogens with zero attached hydrogens (tertiary/aromatic N) is 1. The number of carbonyl (C=O) groups excluding carboxylic acids is 2. The molecule has 4 heteroatoms. The maximum absolute atomic E-state index is 11.9. The van der Waals surface area contributed by atoms with E-state index in [1.54, 1.807) is 11.9 Å². The fourth-order valence-corrected chi connectivity index (χ4v) is 2.25. The van der Waals surface area contributed by atoms with Gasteiger partial charge in [0, 0.05) is 20.0 Å². The van der Waals surface area contributed by atoms with Crippen molar-refractivity contribution in [3.8, 4) is 0 Å². The summed E-state index contributed by atoms with van der Waals surface area (Å²) in [6.07, 6.45) is 0.784. The Morgan fingerprint density at radius 2 is 2.28 bits per heavy atom. The number of likely N-dealkylation sites (tertiary alicyclic amines) is 1. The molecule has 1 aromatic carbocycles. The molecular weight excluding hydrogens is 228 g/mol. The van der Waals surface area contributed by atoms with Gasteiger partial charge in [0.05, 0.1) is 12.5 Å². The van der Waals surface area contributed by atoms with E-state index in [1.165, 1.54) is 0 Å². The van der Waals surface area contributed by atoms with Gasteiger partial charge in [0.1, 0.15) is 0 Å². The lowest BCUT2D eigenvalue weighted by Crippen LogP contribution is -2.37. The third-order valence-corrected chi connectivity index (χ3v) is 3.15. The minimum absolute atomic E-state index is 0.0197. The van der Waals surface area contributed by atoms with E-state index in [-0.39, 0.29) is 17.9 Å². The van der Waals surface area contributed by atoms with Gasteiger partial charge < -0.3 is 10.2 Å². The number of aryl methyl sites for hydroxylation is 1. The van der Waals surface area contributed by atoms with Crippen LogP contribution in [0.1, 0.15) is 17.5 Å². The molecule has 2 amide bonds. The van der Waals surface area contributed by atoms with E-state index in [2.05, 4.69) is 5.32 Å². The monoisotopic (exact) mass is 246 g/mol. The number of hydrogen-bond donors (Lipinski definition) is 1. The molecule has 0 bridgehead atoms. The highest BCUT2D eigenvalue weighted by Crippen LogP contribution is 2.09. The number of rotatable bonds is 3. The SMILES string of the molecule is Cc1cccc(CC(=O)NC2CC(=O)N(C)C2)c1.